The van der Waals surface area contributed by atoms with E-state index in [1.165, 1.54) is 4.90 Å². The number of carbonyl (C=O) groups excluding carboxylic acids is 3. The number of nitrogens with one attached hydrogen (secondary N) is 2. The van der Waals surface area contributed by atoms with E-state index in [0.29, 0.717) is 29.1 Å². The monoisotopic (exact) mass is 515 g/mol. The van der Waals surface area contributed by atoms with Gasteiger partial charge in [0, 0.05) is 23.2 Å². The number of likely N-dealkylation sites (tertiary alicyclic amines) is 1. The van der Waals surface area contributed by atoms with E-state index in [0.717, 1.165) is 16.7 Å². The second-order valence-corrected chi connectivity index (χ2v) is 10.5. The molecule has 0 bridgehead atoms. The highest BCUT2D eigenvalue weighted by Gasteiger charge is 2.70. The first kappa shape index (κ1) is 23.7. The molecule has 4 atom stereocenters. The zero-order valence-electron chi connectivity index (χ0n) is 20.2. The van der Waals surface area contributed by atoms with Crippen molar-refractivity contribution in [1.82, 2.24) is 10.2 Å². The van der Waals surface area contributed by atoms with Crippen molar-refractivity contribution < 1.29 is 19.5 Å². The van der Waals surface area contributed by atoms with Gasteiger partial charge < -0.3 is 10.4 Å². The summed E-state index contributed by atoms with van der Waals surface area (Å²) in [5.41, 5.74) is 2.52. The Morgan fingerprint density at radius 2 is 1.68 bits per heavy atom. The van der Waals surface area contributed by atoms with Crippen LogP contribution in [0, 0.1) is 18.8 Å². The maximum atomic E-state index is 14.0. The van der Waals surface area contributed by atoms with Crippen molar-refractivity contribution in [2.45, 2.75) is 31.3 Å². The Bertz CT molecular complexity index is 1430. The zero-order valence-corrected chi connectivity index (χ0v) is 21.0. The molecule has 3 amide bonds. The van der Waals surface area contributed by atoms with Crippen LogP contribution in [0.15, 0.2) is 66.7 Å². The number of phenols is 1. The Kier molecular flexibility index (Phi) is 5.58. The third-order valence-corrected chi connectivity index (χ3v) is 8.44. The maximum absolute atomic E-state index is 14.0. The molecule has 188 valence electrons. The van der Waals surface area contributed by atoms with Crippen molar-refractivity contribution in [1.29, 1.82) is 0 Å². The highest BCUT2D eigenvalue weighted by molar-refractivity contribution is 6.32. The highest BCUT2D eigenvalue weighted by Crippen LogP contribution is 2.54. The van der Waals surface area contributed by atoms with Crippen LogP contribution in [0.1, 0.15) is 22.3 Å². The normalized spacial score (nSPS) is 26.1. The smallest absolute Gasteiger partial charge is 0.250 e. The van der Waals surface area contributed by atoms with Crippen LogP contribution in [0.2, 0.25) is 5.02 Å². The summed E-state index contributed by atoms with van der Waals surface area (Å²) in [6, 6.07) is 19.5. The third kappa shape index (κ3) is 3.56. The van der Waals surface area contributed by atoms with Crippen molar-refractivity contribution in [3.8, 4) is 5.75 Å². The fraction of sp³-hybridized carbons (Fsp3) is 0.276. The molecule has 2 saturated heterocycles. The standard InChI is InChI=1S/C29H26ClN3O4/c1-16-21(30)12-11-20-25(16)31-28(37)29(20)24-23(22(32-29)15-18-7-9-19(34)10-8-18)26(35)33(27(24)36)14-13-17-5-3-2-4-6-17/h2-12,22-24,32,34H,13-15H2,1H3,(H,31,37)/t22-,23+,24-,29+/m0/s1. The SMILES string of the molecule is Cc1c(Cl)ccc2c1NC(=O)[C@@]21N[C@@H](Cc2ccc(O)cc2)[C@H]2C(=O)N(CCc3ccccc3)C(=O)[C@H]21. The van der Waals surface area contributed by atoms with E-state index in [4.69, 9.17) is 11.6 Å². The Hall–Kier alpha value is -3.68. The van der Waals surface area contributed by atoms with Crippen LogP contribution < -0.4 is 10.6 Å². The molecule has 8 heteroatoms. The van der Waals surface area contributed by atoms with Gasteiger partial charge in [0.25, 0.3) is 0 Å². The van der Waals surface area contributed by atoms with Crippen LogP contribution in [0.4, 0.5) is 5.69 Å². The van der Waals surface area contributed by atoms with Crippen molar-refractivity contribution in [2.24, 2.45) is 11.8 Å². The van der Waals surface area contributed by atoms with Crippen molar-refractivity contribution in [3.63, 3.8) is 0 Å². The van der Waals surface area contributed by atoms with Gasteiger partial charge >= 0.3 is 0 Å². The minimum atomic E-state index is -1.37. The van der Waals surface area contributed by atoms with Crippen molar-refractivity contribution in [2.75, 3.05) is 11.9 Å². The van der Waals surface area contributed by atoms with Gasteiger partial charge in [-0.1, -0.05) is 60.1 Å². The van der Waals surface area contributed by atoms with E-state index in [1.54, 1.807) is 36.4 Å². The molecule has 0 saturated carbocycles. The topological polar surface area (TPSA) is 98.7 Å². The summed E-state index contributed by atoms with van der Waals surface area (Å²) >= 11 is 6.35. The quantitative estimate of drug-likeness (QED) is 0.451. The van der Waals surface area contributed by atoms with E-state index in [-0.39, 0.29) is 30.0 Å². The van der Waals surface area contributed by atoms with E-state index >= 15 is 0 Å². The lowest BCUT2D eigenvalue weighted by Gasteiger charge is -2.29. The average Bonchev–Trinajstić information content (AvgIpc) is 3.47. The fourth-order valence-electron chi connectivity index (χ4n) is 6.22. The molecule has 3 N–H and O–H groups in total. The molecular weight excluding hydrogens is 490 g/mol. The molecule has 7 nitrogen and oxygen atoms in total. The first-order valence-corrected chi connectivity index (χ1v) is 12.7. The number of hydrogen-bond donors (Lipinski definition) is 3. The molecule has 3 heterocycles. The lowest BCUT2D eigenvalue weighted by atomic mass is 9.76. The van der Waals surface area contributed by atoms with E-state index in [9.17, 15) is 19.5 Å². The zero-order chi connectivity index (χ0) is 25.9. The number of phenolic OH excluding ortho intramolecular Hbond substituents is 1. The molecule has 37 heavy (non-hydrogen) atoms. The number of amides is 3. The van der Waals surface area contributed by atoms with Gasteiger partial charge in [-0.2, -0.15) is 0 Å². The van der Waals surface area contributed by atoms with Gasteiger partial charge in [-0.25, -0.2) is 0 Å². The number of imide groups is 1. The Morgan fingerprint density at radius 1 is 0.946 bits per heavy atom. The number of nitrogens with zero attached hydrogens (tertiary/aromatic N) is 1. The third-order valence-electron chi connectivity index (χ3n) is 8.03. The summed E-state index contributed by atoms with van der Waals surface area (Å²) in [6.07, 6.45) is 0.961. The van der Waals surface area contributed by atoms with Gasteiger partial charge in [0.1, 0.15) is 11.3 Å². The number of carbonyl (C=O) groups is 3. The van der Waals surface area contributed by atoms with E-state index < -0.39 is 23.4 Å². The summed E-state index contributed by atoms with van der Waals surface area (Å²) in [5, 5.41) is 16.6. The summed E-state index contributed by atoms with van der Waals surface area (Å²) in [6.45, 7) is 2.08. The van der Waals surface area contributed by atoms with Gasteiger partial charge in [0.05, 0.1) is 17.5 Å². The Balaban J connectivity index is 1.41. The van der Waals surface area contributed by atoms with Gasteiger partial charge in [-0.15, -0.1) is 0 Å². The minimum Gasteiger partial charge on any atom is -0.508 e. The largest absolute Gasteiger partial charge is 0.508 e. The number of aromatic hydroxyl groups is 1. The molecule has 0 aromatic heterocycles. The maximum Gasteiger partial charge on any atom is 0.250 e. The van der Waals surface area contributed by atoms with Gasteiger partial charge in [0.15, 0.2) is 0 Å². The van der Waals surface area contributed by atoms with E-state index in [2.05, 4.69) is 10.6 Å². The van der Waals surface area contributed by atoms with Gasteiger partial charge in [-0.3, -0.25) is 24.6 Å². The van der Waals surface area contributed by atoms with Crippen LogP contribution in [0.5, 0.6) is 5.75 Å². The Morgan fingerprint density at radius 3 is 2.41 bits per heavy atom. The summed E-state index contributed by atoms with van der Waals surface area (Å²) < 4.78 is 0. The van der Waals surface area contributed by atoms with Gasteiger partial charge in [-0.05, 0) is 54.7 Å². The van der Waals surface area contributed by atoms with E-state index in [1.807, 2.05) is 37.3 Å². The summed E-state index contributed by atoms with van der Waals surface area (Å²) in [4.78, 5) is 42.8. The molecular formula is C29H26ClN3O4. The number of benzene rings is 3. The van der Waals surface area contributed by atoms with Crippen LogP contribution in [0.25, 0.3) is 0 Å². The van der Waals surface area contributed by atoms with Crippen LogP contribution in [-0.4, -0.2) is 40.3 Å². The first-order chi connectivity index (χ1) is 17.8. The Labute approximate surface area is 219 Å². The molecule has 0 unspecified atom stereocenters. The molecule has 0 aliphatic carbocycles. The molecule has 1 spiro atoms. The summed E-state index contributed by atoms with van der Waals surface area (Å²) in [5.74, 6) is -2.37. The minimum absolute atomic E-state index is 0.146. The predicted octanol–water partition coefficient (Wildman–Crippen LogP) is 3.56. The predicted molar refractivity (Wildman–Crippen MR) is 139 cm³/mol. The van der Waals surface area contributed by atoms with Gasteiger partial charge in [0.2, 0.25) is 17.7 Å². The van der Waals surface area contributed by atoms with Crippen molar-refractivity contribution in [3.05, 3.63) is 94.0 Å². The molecule has 3 aliphatic heterocycles. The molecule has 0 radical (unpaired) electrons. The van der Waals surface area contributed by atoms with Crippen LogP contribution >= 0.6 is 11.6 Å². The molecule has 3 aliphatic rings. The lowest BCUT2D eigenvalue weighted by Crippen LogP contribution is -2.53. The number of anilines is 1. The van der Waals surface area contributed by atoms with Crippen molar-refractivity contribution >= 4 is 35.0 Å². The molecule has 6 rings (SSSR count). The molecule has 3 aromatic rings. The van der Waals surface area contributed by atoms with Crippen LogP contribution in [0.3, 0.4) is 0 Å². The number of rotatable bonds is 5. The lowest BCUT2D eigenvalue weighted by molar-refractivity contribution is -0.142. The fourth-order valence-corrected chi connectivity index (χ4v) is 6.37. The average molecular weight is 516 g/mol. The second-order valence-electron chi connectivity index (χ2n) is 10.0. The number of hydrogen-bond acceptors (Lipinski definition) is 5. The van der Waals surface area contributed by atoms with Crippen LogP contribution in [-0.2, 0) is 32.8 Å². The first-order valence-electron chi connectivity index (χ1n) is 12.4. The summed E-state index contributed by atoms with van der Waals surface area (Å²) in [7, 11) is 0. The molecule has 2 fully saturated rings. The second kappa shape index (κ2) is 8.71. The molecule has 3 aromatic carbocycles. The highest BCUT2D eigenvalue weighted by atomic mass is 35.5. The number of fused-ring (bicyclic) bond motifs is 4. The number of halogens is 1.